The second-order valence-electron chi connectivity index (χ2n) is 4.44. The smallest absolute Gasteiger partial charge is 0.254 e. The number of benzene rings is 1. The van der Waals surface area contributed by atoms with Crippen LogP contribution in [0, 0.1) is 0 Å². The van der Waals surface area contributed by atoms with Gasteiger partial charge in [0.05, 0.1) is 0 Å². The van der Waals surface area contributed by atoms with E-state index in [1.165, 1.54) is 5.56 Å². The molecule has 2 fully saturated rings. The molecule has 16 heavy (non-hydrogen) atoms. The van der Waals surface area contributed by atoms with Crippen molar-refractivity contribution in [2.45, 2.75) is 31.6 Å². The summed E-state index contributed by atoms with van der Waals surface area (Å²) in [5, 5.41) is 0. The lowest BCUT2D eigenvalue weighted by molar-refractivity contribution is -0.129. The molecule has 2 atom stereocenters. The van der Waals surface area contributed by atoms with Gasteiger partial charge in [0, 0.05) is 13.0 Å². The molecule has 3 rings (SSSR count). The zero-order chi connectivity index (χ0) is 11.0. The van der Waals surface area contributed by atoms with E-state index in [2.05, 4.69) is 0 Å². The molecule has 1 aromatic carbocycles. The van der Waals surface area contributed by atoms with Gasteiger partial charge in [-0.15, -0.1) is 0 Å². The second-order valence-corrected chi connectivity index (χ2v) is 4.44. The van der Waals surface area contributed by atoms with E-state index < -0.39 is 0 Å². The average molecular weight is 217 g/mol. The van der Waals surface area contributed by atoms with E-state index in [-0.39, 0.29) is 18.2 Å². The molecule has 0 N–H and O–H groups in total. The molecule has 2 aliphatic heterocycles. The molecular weight excluding hydrogens is 202 g/mol. The summed E-state index contributed by atoms with van der Waals surface area (Å²) in [6, 6.07) is 10.1. The van der Waals surface area contributed by atoms with Crippen LogP contribution in [0.2, 0.25) is 0 Å². The van der Waals surface area contributed by atoms with E-state index >= 15 is 0 Å². The number of amides is 1. The van der Waals surface area contributed by atoms with Gasteiger partial charge in [-0.1, -0.05) is 30.3 Å². The topological polar surface area (TPSA) is 29.5 Å². The van der Waals surface area contributed by atoms with Crippen molar-refractivity contribution >= 4 is 5.91 Å². The minimum atomic E-state index is -0.257. The Labute approximate surface area is 95.0 Å². The van der Waals surface area contributed by atoms with Crippen molar-refractivity contribution in [1.29, 1.82) is 0 Å². The number of nitrogens with zero attached hydrogens (tertiary/aromatic N) is 1. The Morgan fingerprint density at radius 1 is 1.31 bits per heavy atom. The van der Waals surface area contributed by atoms with E-state index in [1.807, 2.05) is 35.2 Å². The molecule has 0 aromatic heterocycles. The van der Waals surface area contributed by atoms with Gasteiger partial charge in [0.15, 0.2) is 0 Å². The van der Waals surface area contributed by atoms with E-state index in [1.54, 1.807) is 0 Å². The van der Waals surface area contributed by atoms with Gasteiger partial charge >= 0.3 is 0 Å². The number of fused-ring (bicyclic) bond motifs is 1. The Kier molecular flexibility index (Phi) is 2.40. The van der Waals surface area contributed by atoms with Crippen molar-refractivity contribution in [2.24, 2.45) is 0 Å². The third kappa shape index (κ3) is 1.61. The second kappa shape index (κ2) is 3.91. The number of hydrogen-bond acceptors (Lipinski definition) is 2. The molecule has 0 saturated carbocycles. The molecule has 0 radical (unpaired) electrons. The van der Waals surface area contributed by atoms with Crippen molar-refractivity contribution in [1.82, 2.24) is 4.90 Å². The summed E-state index contributed by atoms with van der Waals surface area (Å²) in [5.74, 6) is 0.173. The highest BCUT2D eigenvalue weighted by Crippen LogP contribution is 2.28. The van der Waals surface area contributed by atoms with E-state index in [9.17, 15) is 4.79 Å². The third-order valence-electron chi connectivity index (χ3n) is 3.34. The van der Waals surface area contributed by atoms with Gasteiger partial charge in [0.2, 0.25) is 0 Å². The molecule has 3 nitrogen and oxygen atoms in total. The minimum absolute atomic E-state index is 0.0567. The summed E-state index contributed by atoms with van der Waals surface area (Å²) in [5.41, 5.74) is 1.17. The van der Waals surface area contributed by atoms with Crippen LogP contribution in [0.1, 0.15) is 18.4 Å². The molecule has 2 aliphatic rings. The number of rotatable bonds is 2. The standard InChI is InChI=1S/C13H15NO2/c15-13-11(9-10-5-2-1-3-6-10)16-12-7-4-8-14(12)13/h1-3,5-6,11-12H,4,7-9H2/t11-,12-/m0/s1. The molecule has 3 heteroatoms. The highest BCUT2D eigenvalue weighted by atomic mass is 16.5. The summed E-state index contributed by atoms with van der Waals surface area (Å²) < 4.78 is 5.78. The van der Waals surface area contributed by atoms with Crippen molar-refractivity contribution in [2.75, 3.05) is 6.54 Å². The molecule has 2 saturated heterocycles. The molecule has 0 bridgehead atoms. The molecule has 84 valence electrons. The summed E-state index contributed by atoms with van der Waals surface area (Å²) in [7, 11) is 0. The van der Waals surface area contributed by atoms with Crippen molar-refractivity contribution < 1.29 is 9.53 Å². The average Bonchev–Trinajstić information content (AvgIpc) is 2.86. The summed E-state index contributed by atoms with van der Waals surface area (Å²) in [4.78, 5) is 13.9. The molecule has 0 spiro atoms. The van der Waals surface area contributed by atoms with Gasteiger partial charge in [-0.05, 0) is 18.4 Å². The van der Waals surface area contributed by atoms with E-state index in [0.717, 1.165) is 19.4 Å². The fraction of sp³-hybridized carbons (Fsp3) is 0.462. The zero-order valence-electron chi connectivity index (χ0n) is 9.13. The van der Waals surface area contributed by atoms with Crippen LogP contribution < -0.4 is 0 Å². The Balaban J connectivity index is 1.71. The Bertz CT molecular complexity index is 390. The maximum atomic E-state index is 12.0. The van der Waals surface area contributed by atoms with Crippen LogP contribution in [-0.4, -0.2) is 29.7 Å². The first-order valence-electron chi connectivity index (χ1n) is 5.84. The number of ether oxygens (including phenoxy) is 1. The van der Waals surface area contributed by atoms with Gasteiger partial charge < -0.3 is 9.64 Å². The third-order valence-corrected chi connectivity index (χ3v) is 3.34. The van der Waals surface area contributed by atoms with Crippen LogP contribution in [-0.2, 0) is 16.0 Å². The van der Waals surface area contributed by atoms with Crippen LogP contribution >= 0.6 is 0 Å². The van der Waals surface area contributed by atoms with Gasteiger partial charge in [0.25, 0.3) is 5.91 Å². The Hall–Kier alpha value is -1.35. The van der Waals surface area contributed by atoms with E-state index in [4.69, 9.17) is 4.74 Å². The number of carbonyl (C=O) groups is 1. The molecule has 1 aromatic rings. The minimum Gasteiger partial charge on any atom is -0.345 e. The van der Waals surface area contributed by atoms with Crippen LogP contribution in [0.15, 0.2) is 30.3 Å². The highest BCUT2D eigenvalue weighted by Gasteiger charge is 2.42. The first-order valence-corrected chi connectivity index (χ1v) is 5.84. The first-order chi connectivity index (χ1) is 7.84. The molecule has 1 amide bonds. The lowest BCUT2D eigenvalue weighted by Crippen LogP contribution is -2.30. The molecular formula is C13H15NO2. The number of hydrogen-bond donors (Lipinski definition) is 0. The maximum absolute atomic E-state index is 12.0. The monoisotopic (exact) mass is 217 g/mol. The predicted molar refractivity (Wildman–Crippen MR) is 59.8 cm³/mol. The van der Waals surface area contributed by atoms with Gasteiger partial charge in [-0.3, -0.25) is 4.79 Å². The van der Waals surface area contributed by atoms with Crippen LogP contribution in [0.25, 0.3) is 0 Å². The van der Waals surface area contributed by atoms with Crippen LogP contribution in [0.3, 0.4) is 0 Å². The summed E-state index contributed by atoms with van der Waals surface area (Å²) in [6.07, 6.45) is 2.58. The van der Waals surface area contributed by atoms with Crippen molar-refractivity contribution in [3.05, 3.63) is 35.9 Å². The lowest BCUT2D eigenvalue weighted by Gasteiger charge is -2.11. The van der Waals surface area contributed by atoms with Gasteiger partial charge in [-0.2, -0.15) is 0 Å². The Morgan fingerprint density at radius 3 is 2.88 bits per heavy atom. The van der Waals surface area contributed by atoms with Gasteiger partial charge in [0.1, 0.15) is 12.3 Å². The quantitative estimate of drug-likeness (QED) is 0.752. The normalized spacial score (nSPS) is 28.5. The predicted octanol–water partition coefficient (Wildman–Crippen LogP) is 1.58. The largest absolute Gasteiger partial charge is 0.345 e. The van der Waals surface area contributed by atoms with Crippen molar-refractivity contribution in [3.63, 3.8) is 0 Å². The first kappa shape index (κ1) is 9.85. The van der Waals surface area contributed by atoms with Crippen molar-refractivity contribution in [3.8, 4) is 0 Å². The van der Waals surface area contributed by atoms with Gasteiger partial charge in [-0.25, -0.2) is 0 Å². The summed E-state index contributed by atoms with van der Waals surface area (Å²) >= 11 is 0. The molecule has 0 unspecified atom stereocenters. The fourth-order valence-corrected chi connectivity index (χ4v) is 2.53. The zero-order valence-corrected chi connectivity index (χ0v) is 9.13. The van der Waals surface area contributed by atoms with Crippen LogP contribution in [0.4, 0.5) is 0 Å². The fourth-order valence-electron chi connectivity index (χ4n) is 2.53. The van der Waals surface area contributed by atoms with E-state index in [0.29, 0.717) is 6.42 Å². The Morgan fingerprint density at radius 2 is 2.12 bits per heavy atom. The van der Waals surface area contributed by atoms with Crippen LogP contribution in [0.5, 0.6) is 0 Å². The summed E-state index contributed by atoms with van der Waals surface area (Å²) in [6.45, 7) is 0.870. The SMILES string of the molecule is O=C1[C@H](Cc2ccccc2)O[C@H]2CCCN12. The highest BCUT2D eigenvalue weighted by molar-refractivity contribution is 5.83. The molecule has 0 aliphatic carbocycles. The maximum Gasteiger partial charge on any atom is 0.254 e. The number of carbonyl (C=O) groups excluding carboxylic acids is 1. The lowest BCUT2D eigenvalue weighted by atomic mass is 10.1. The molecule has 2 heterocycles.